The average molecular weight is 280 g/mol. The van der Waals surface area contributed by atoms with Crippen LogP contribution in [0.25, 0.3) is 5.69 Å². The first-order chi connectivity index (χ1) is 10.3. The first-order valence-corrected chi connectivity index (χ1v) is 6.70. The fourth-order valence-electron chi connectivity index (χ4n) is 2.27. The number of benzene rings is 2. The van der Waals surface area contributed by atoms with Gasteiger partial charge in [0, 0.05) is 17.3 Å². The summed E-state index contributed by atoms with van der Waals surface area (Å²) in [7, 11) is 1.60. The molecule has 1 aromatic heterocycles. The molecule has 0 aliphatic heterocycles. The van der Waals surface area contributed by atoms with Crippen LogP contribution in [0.5, 0.6) is 5.75 Å². The molecule has 2 aromatic carbocycles. The Hall–Kier alpha value is -2.59. The number of rotatable bonds is 4. The third-order valence-electron chi connectivity index (χ3n) is 3.37. The van der Waals surface area contributed by atoms with Crippen LogP contribution >= 0.6 is 0 Å². The average Bonchev–Trinajstić information content (AvgIpc) is 3.05. The van der Waals surface area contributed by atoms with Gasteiger partial charge in [0.15, 0.2) is 0 Å². The first kappa shape index (κ1) is 13.4. The summed E-state index contributed by atoms with van der Waals surface area (Å²) in [6.07, 6.45) is 2.73. The van der Waals surface area contributed by atoms with Crippen molar-refractivity contribution >= 4 is 0 Å². The topological polar surface area (TPSA) is 47.3 Å². The fraction of sp³-hybridized carbons (Fsp3) is 0.118. The number of nitrogens with zero attached hydrogens (tertiary/aromatic N) is 2. The third-order valence-corrected chi connectivity index (χ3v) is 3.37. The highest BCUT2D eigenvalue weighted by Crippen LogP contribution is 2.29. The van der Waals surface area contributed by atoms with E-state index in [1.807, 2.05) is 60.8 Å². The van der Waals surface area contributed by atoms with Gasteiger partial charge in [-0.1, -0.05) is 36.4 Å². The number of methoxy groups -OCH3 is 1. The smallest absolute Gasteiger partial charge is 0.125 e. The molecule has 0 amide bonds. The summed E-state index contributed by atoms with van der Waals surface area (Å²) in [5.74, 6) is 0.664. The molecule has 0 aliphatic rings. The Kier molecular flexibility index (Phi) is 3.71. The molecule has 4 heteroatoms. The highest BCUT2D eigenvalue weighted by molar-refractivity contribution is 5.40. The Morgan fingerprint density at radius 2 is 1.76 bits per heavy atom. The fourth-order valence-corrected chi connectivity index (χ4v) is 2.27. The Balaban J connectivity index is 1.93. The monoisotopic (exact) mass is 280 g/mol. The minimum Gasteiger partial charge on any atom is -0.496 e. The van der Waals surface area contributed by atoms with Crippen molar-refractivity contribution < 1.29 is 9.84 Å². The lowest BCUT2D eigenvalue weighted by Gasteiger charge is -2.13. The van der Waals surface area contributed by atoms with Crippen molar-refractivity contribution in [2.45, 2.75) is 6.10 Å². The van der Waals surface area contributed by atoms with Crippen molar-refractivity contribution in [1.82, 2.24) is 9.78 Å². The molecule has 4 nitrogen and oxygen atoms in total. The summed E-state index contributed by atoms with van der Waals surface area (Å²) < 4.78 is 7.04. The lowest BCUT2D eigenvalue weighted by Crippen LogP contribution is -2.01. The molecule has 0 aliphatic carbocycles. The number of ether oxygens (including phenoxy) is 1. The standard InChI is InChI=1S/C17H16N2O2/c1-21-16-10-6-5-9-15(16)17(20)13-11-18-19(12-13)14-7-3-2-4-8-14/h2-12,17,20H,1H3. The maximum atomic E-state index is 10.5. The summed E-state index contributed by atoms with van der Waals surface area (Å²) in [5, 5.41) is 14.8. The third kappa shape index (κ3) is 2.66. The van der Waals surface area contributed by atoms with E-state index in [2.05, 4.69) is 5.10 Å². The van der Waals surface area contributed by atoms with Gasteiger partial charge in [-0.05, 0) is 18.2 Å². The highest BCUT2D eigenvalue weighted by atomic mass is 16.5. The molecule has 1 atom stereocenters. The number of aliphatic hydroxyl groups is 1. The van der Waals surface area contributed by atoms with Crippen molar-refractivity contribution in [3.05, 3.63) is 78.1 Å². The van der Waals surface area contributed by atoms with Crippen molar-refractivity contribution in [2.75, 3.05) is 7.11 Å². The second kappa shape index (κ2) is 5.81. The van der Waals surface area contributed by atoms with E-state index in [1.54, 1.807) is 18.0 Å². The first-order valence-electron chi connectivity index (χ1n) is 6.70. The molecule has 0 radical (unpaired) electrons. The molecule has 0 saturated heterocycles. The summed E-state index contributed by atoms with van der Waals surface area (Å²) in [4.78, 5) is 0. The lowest BCUT2D eigenvalue weighted by molar-refractivity contribution is 0.214. The quantitative estimate of drug-likeness (QED) is 0.799. The highest BCUT2D eigenvalue weighted by Gasteiger charge is 2.16. The molecule has 0 fully saturated rings. The number of aromatic nitrogens is 2. The van der Waals surface area contributed by atoms with Gasteiger partial charge in [-0.15, -0.1) is 0 Å². The van der Waals surface area contributed by atoms with E-state index < -0.39 is 6.10 Å². The molecule has 21 heavy (non-hydrogen) atoms. The van der Waals surface area contributed by atoms with E-state index >= 15 is 0 Å². The number of aliphatic hydroxyl groups excluding tert-OH is 1. The predicted octanol–water partition coefficient (Wildman–Crippen LogP) is 2.96. The van der Waals surface area contributed by atoms with E-state index in [-0.39, 0.29) is 0 Å². The van der Waals surface area contributed by atoms with Crippen molar-refractivity contribution in [2.24, 2.45) is 0 Å². The minimum atomic E-state index is -0.765. The van der Waals surface area contributed by atoms with Crippen LogP contribution < -0.4 is 4.74 Å². The van der Waals surface area contributed by atoms with Crippen LogP contribution in [-0.2, 0) is 0 Å². The Morgan fingerprint density at radius 3 is 2.52 bits per heavy atom. The molecule has 0 saturated carbocycles. The molecule has 1 heterocycles. The largest absolute Gasteiger partial charge is 0.496 e. The second-order valence-electron chi connectivity index (χ2n) is 4.70. The van der Waals surface area contributed by atoms with Crippen LogP contribution in [0.4, 0.5) is 0 Å². The van der Waals surface area contributed by atoms with Crippen LogP contribution in [-0.4, -0.2) is 22.0 Å². The maximum absolute atomic E-state index is 10.5. The van der Waals surface area contributed by atoms with Gasteiger partial charge in [-0.3, -0.25) is 0 Å². The van der Waals surface area contributed by atoms with E-state index in [9.17, 15) is 5.11 Å². The van der Waals surface area contributed by atoms with Gasteiger partial charge in [0.1, 0.15) is 11.9 Å². The van der Waals surface area contributed by atoms with Gasteiger partial charge in [0.05, 0.1) is 19.0 Å². The van der Waals surface area contributed by atoms with E-state index in [0.717, 1.165) is 16.8 Å². The molecule has 0 spiro atoms. The summed E-state index contributed by atoms with van der Waals surface area (Å²) in [6.45, 7) is 0. The Bertz CT molecular complexity index is 722. The summed E-state index contributed by atoms with van der Waals surface area (Å²) in [6, 6.07) is 17.2. The maximum Gasteiger partial charge on any atom is 0.125 e. The van der Waals surface area contributed by atoms with Crippen LogP contribution in [0.2, 0.25) is 0 Å². The van der Waals surface area contributed by atoms with Crippen molar-refractivity contribution in [3.8, 4) is 11.4 Å². The zero-order valence-corrected chi connectivity index (χ0v) is 11.7. The van der Waals surface area contributed by atoms with Gasteiger partial charge in [-0.25, -0.2) is 4.68 Å². The molecule has 1 N–H and O–H groups in total. The van der Waals surface area contributed by atoms with Crippen molar-refractivity contribution in [1.29, 1.82) is 0 Å². The number of para-hydroxylation sites is 2. The zero-order chi connectivity index (χ0) is 14.7. The van der Waals surface area contributed by atoms with Gasteiger partial charge in [-0.2, -0.15) is 5.10 Å². The Labute approximate surface area is 123 Å². The zero-order valence-electron chi connectivity index (χ0n) is 11.7. The van der Waals surface area contributed by atoms with E-state index in [1.165, 1.54) is 0 Å². The van der Waals surface area contributed by atoms with E-state index in [4.69, 9.17) is 4.74 Å². The SMILES string of the molecule is COc1ccccc1C(O)c1cnn(-c2ccccc2)c1. The van der Waals surface area contributed by atoms with Crippen LogP contribution in [0.3, 0.4) is 0 Å². The normalized spacial score (nSPS) is 12.1. The van der Waals surface area contributed by atoms with Gasteiger partial charge >= 0.3 is 0 Å². The molecule has 3 rings (SSSR count). The molecular weight excluding hydrogens is 264 g/mol. The number of hydrogen-bond donors (Lipinski definition) is 1. The van der Waals surface area contributed by atoms with Gasteiger partial charge in [0.2, 0.25) is 0 Å². The van der Waals surface area contributed by atoms with Crippen LogP contribution in [0.15, 0.2) is 67.0 Å². The van der Waals surface area contributed by atoms with Crippen molar-refractivity contribution in [3.63, 3.8) is 0 Å². The predicted molar refractivity (Wildman–Crippen MR) is 80.6 cm³/mol. The lowest BCUT2D eigenvalue weighted by atomic mass is 10.0. The molecule has 3 aromatic rings. The second-order valence-corrected chi connectivity index (χ2v) is 4.70. The molecular formula is C17H16N2O2. The molecule has 0 bridgehead atoms. The van der Waals surface area contributed by atoms with E-state index in [0.29, 0.717) is 5.75 Å². The van der Waals surface area contributed by atoms with Gasteiger partial charge in [0.25, 0.3) is 0 Å². The van der Waals surface area contributed by atoms with Crippen LogP contribution in [0.1, 0.15) is 17.2 Å². The Morgan fingerprint density at radius 1 is 1.05 bits per heavy atom. The minimum absolute atomic E-state index is 0.664. The summed E-state index contributed by atoms with van der Waals surface area (Å²) in [5.41, 5.74) is 2.41. The molecule has 1 unspecified atom stereocenters. The number of hydrogen-bond acceptors (Lipinski definition) is 3. The van der Waals surface area contributed by atoms with Gasteiger partial charge < -0.3 is 9.84 Å². The van der Waals surface area contributed by atoms with Crippen LogP contribution in [0, 0.1) is 0 Å². The molecule has 106 valence electrons. The summed E-state index contributed by atoms with van der Waals surface area (Å²) >= 11 is 0.